The van der Waals surface area contributed by atoms with Crippen LogP contribution in [0, 0.1) is 0 Å². The highest BCUT2D eigenvalue weighted by Crippen LogP contribution is 2.54. The van der Waals surface area contributed by atoms with Crippen molar-refractivity contribution in [3.63, 3.8) is 0 Å². The second-order valence-electron chi connectivity index (χ2n) is 26.4. The highest BCUT2D eigenvalue weighted by Gasteiger charge is 2.37. The number of fused-ring (bicyclic) bond motifs is 10. The van der Waals surface area contributed by atoms with Gasteiger partial charge in [-0.05, 0) is 176 Å². The number of benzene rings is 15. The minimum atomic E-state index is -0.136. The lowest BCUT2D eigenvalue weighted by Gasteiger charge is -2.35. The fourth-order valence-corrected chi connectivity index (χ4v) is 14.0. The van der Waals surface area contributed by atoms with Gasteiger partial charge in [0.05, 0.1) is 0 Å². The van der Waals surface area contributed by atoms with Gasteiger partial charge in [0.2, 0.25) is 0 Å². The smallest absolute Gasteiger partial charge is 0.172 e. The van der Waals surface area contributed by atoms with Crippen LogP contribution >= 0.6 is 0 Å². The lowest BCUT2D eigenvalue weighted by atomic mass is 9.75. The number of hydrogen-bond acceptors (Lipinski definition) is 7. The van der Waals surface area contributed by atoms with Crippen LogP contribution in [-0.4, -0.2) is 0 Å². The first-order chi connectivity index (χ1) is 48.5. The van der Waals surface area contributed by atoms with Gasteiger partial charge in [-0.1, -0.05) is 246 Å². The molecule has 0 atom stereocenters. The highest BCUT2D eigenvalue weighted by atomic mass is 16.6. The Bertz CT molecular complexity index is 5390. The number of ether oxygens (including phenoxy) is 3. The molecule has 7 heteroatoms. The molecule has 0 spiro atoms. The lowest BCUT2D eigenvalue weighted by Crippen LogP contribution is -2.24. The van der Waals surface area contributed by atoms with Crippen molar-refractivity contribution in [1.29, 1.82) is 0 Å². The number of nitrogens with zero attached hydrogens (tertiary/aromatic N) is 1. The summed E-state index contributed by atoms with van der Waals surface area (Å²) in [6.07, 6.45) is 0. The summed E-state index contributed by atoms with van der Waals surface area (Å²) in [5, 5.41) is 15.2. The average molecular weight is 1280 g/mol. The van der Waals surface area contributed by atoms with E-state index in [1.54, 1.807) is 0 Å². The first-order valence-electron chi connectivity index (χ1n) is 33.8. The molecule has 0 bridgehead atoms. The zero-order valence-electron chi connectivity index (χ0n) is 55.6. The standard InChI is InChI=1S/C33H28N2.C31H25NO.C28H19NO2/c1-33(2)31-22-25(34-24-12-6-3-7-13-24)18-20-29(31)30-21-19-28(23-32(30)33)35(26-14-8-4-9-15-26)27-16-10-5-11-17-27;1-31(2)27-19-17-25(32-24-15-12-22(13-16-24)21-8-4-3-5-9-21)20-29(27)33-30-26-11-7-6-10-23(26)14-18-28(30)31;1-2-7-19(8-3-1)20-11-6-12-23(15-20)29-24-13-14-25-28(18-24)31-27-17-22-10-5-4-9-21(22)16-26(27)30-25/h3-23,34H,1-2H3;3-20,32H,1-2H3;1-18,29H. The number of para-hydroxylation sites is 3. The Labute approximate surface area is 578 Å². The van der Waals surface area contributed by atoms with Gasteiger partial charge in [-0.25, -0.2) is 0 Å². The summed E-state index contributed by atoms with van der Waals surface area (Å²) < 4.78 is 18.8. The molecule has 0 saturated heterocycles. The van der Waals surface area contributed by atoms with Crippen LogP contribution in [0.5, 0.6) is 34.5 Å². The van der Waals surface area contributed by atoms with Crippen molar-refractivity contribution in [1.82, 2.24) is 0 Å². The Kier molecular flexibility index (Phi) is 16.2. The normalized spacial score (nSPS) is 12.8. The van der Waals surface area contributed by atoms with Gasteiger partial charge < -0.3 is 35.1 Å². The van der Waals surface area contributed by atoms with Gasteiger partial charge in [0.15, 0.2) is 23.0 Å². The molecule has 15 aromatic rings. The average Bonchev–Trinajstić information content (AvgIpc) is 1.72. The molecule has 478 valence electrons. The van der Waals surface area contributed by atoms with Crippen LogP contribution in [0.25, 0.3) is 54.9 Å². The Morgan fingerprint density at radius 3 is 1.32 bits per heavy atom. The Balaban J connectivity index is 0.000000116. The van der Waals surface area contributed by atoms with Crippen molar-refractivity contribution >= 4 is 72.7 Å². The Morgan fingerprint density at radius 1 is 0.242 bits per heavy atom. The maximum Gasteiger partial charge on any atom is 0.172 e. The third-order valence-electron chi connectivity index (χ3n) is 19.2. The zero-order chi connectivity index (χ0) is 66.9. The van der Waals surface area contributed by atoms with Crippen LogP contribution in [0.1, 0.15) is 49.9 Å². The number of nitrogens with one attached hydrogen (secondary N) is 3. The second kappa shape index (κ2) is 26.2. The minimum Gasteiger partial charge on any atom is -0.456 e. The van der Waals surface area contributed by atoms with Crippen molar-refractivity contribution in [2.24, 2.45) is 0 Å². The second-order valence-corrected chi connectivity index (χ2v) is 26.4. The van der Waals surface area contributed by atoms with Crippen LogP contribution < -0.4 is 35.1 Å². The predicted molar refractivity (Wildman–Crippen MR) is 412 cm³/mol. The van der Waals surface area contributed by atoms with E-state index in [-0.39, 0.29) is 10.8 Å². The molecule has 2 heterocycles. The van der Waals surface area contributed by atoms with E-state index in [0.717, 1.165) is 84.7 Å². The molecule has 3 N–H and O–H groups in total. The maximum atomic E-state index is 6.54. The number of hydrogen-bond donors (Lipinski definition) is 3. The molecule has 7 nitrogen and oxygen atoms in total. The molecule has 3 aliphatic rings. The van der Waals surface area contributed by atoms with Gasteiger partial charge in [-0.2, -0.15) is 0 Å². The first kappa shape index (κ1) is 61.3. The fraction of sp³-hybridized carbons (Fsp3) is 0.0652. The molecule has 15 aromatic carbocycles. The largest absolute Gasteiger partial charge is 0.456 e. The highest BCUT2D eigenvalue weighted by molar-refractivity contribution is 5.92. The van der Waals surface area contributed by atoms with E-state index in [9.17, 15) is 0 Å². The summed E-state index contributed by atoms with van der Waals surface area (Å²) >= 11 is 0. The van der Waals surface area contributed by atoms with E-state index in [1.165, 1.54) is 66.7 Å². The van der Waals surface area contributed by atoms with Crippen LogP contribution in [0.3, 0.4) is 0 Å². The van der Waals surface area contributed by atoms with E-state index in [1.807, 2.05) is 60.7 Å². The monoisotopic (exact) mass is 1280 g/mol. The zero-order valence-corrected chi connectivity index (χ0v) is 55.6. The van der Waals surface area contributed by atoms with Gasteiger partial charge in [0.25, 0.3) is 0 Å². The summed E-state index contributed by atoms with van der Waals surface area (Å²) in [5.41, 5.74) is 22.1. The van der Waals surface area contributed by atoms with Gasteiger partial charge >= 0.3 is 0 Å². The fourth-order valence-electron chi connectivity index (χ4n) is 14.0. The molecule has 0 saturated carbocycles. The van der Waals surface area contributed by atoms with Crippen molar-refractivity contribution in [3.05, 3.63) is 368 Å². The van der Waals surface area contributed by atoms with Crippen LogP contribution in [0.2, 0.25) is 0 Å². The topological polar surface area (TPSA) is 67.0 Å². The molecule has 0 amide bonds. The van der Waals surface area contributed by atoms with Crippen molar-refractivity contribution < 1.29 is 14.2 Å². The quantitative estimate of drug-likeness (QED) is 0.119. The molecular formula is C92H72N4O3. The molecule has 0 unspecified atom stereocenters. The molecule has 99 heavy (non-hydrogen) atoms. The van der Waals surface area contributed by atoms with E-state index in [4.69, 9.17) is 14.2 Å². The minimum absolute atomic E-state index is 0.103. The van der Waals surface area contributed by atoms with Crippen LogP contribution in [0.15, 0.2) is 346 Å². The van der Waals surface area contributed by atoms with Gasteiger partial charge in [0, 0.05) is 90.7 Å². The van der Waals surface area contributed by atoms with E-state index >= 15 is 0 Å². The summed E-state index contributed by atoms with van der Waals surface area (Å²) in [5.74, 6) is 4.76. The molecule has 0 radical (unpaired) electrons. The lowest BCUT2D eigenvalue weighted by molar-refractivity contribution is 0.360. The molecule has 2 aliphatic heterocycles. The molecule has 0 aromatic heterocycles. The van der Waals surface area contributed by atoms with Gasteiger partial charge in [-0.3, -0.25) is 0 Å². The molecule has 1 aliphatic carbocycles. The van der Waals surface area contributed by atoms with Crippen molar-refractivity contribution in [3.8, 4) is 67.9 Å². The maximum absolute atomic E-state index is 6.54. The van der Waals surface area contributed by atoms with Crippen LogP contribution in [0.4, 0.5) is 51.2 Å². The van der Waals surface area contributed by atoms with Gasteiger partial charge in [-0.15, -0.1) is 0 Å². The van der Waals surface area contributed by atoms with Crippen molar-refractivity contribution in [2.75, 3.05) is 20.9 Å². The summed E-state index contributed by atoms with van der Waals surface area (Å²) in [6.45, 7) is 9.22. The Morgan fingerprint density at radius 2 is 0.667 bits per heavy atom. The number of anilines is 9. The van der Waals surface area contributed by atoms with E-state index in [2.05, 4.69) is 334 Å². The van der Waals surface area contributed by atoms with Crippen molar-refractivity contribution in [2.45, 2.75) is 38.5 Å². The van der Waals surface area contributed by atoms with E-state index in [0.29, 0.717) is 11.5 Å². The third-order valence-corrected chi connectivity index (χ3v) is 19.2. The molecule has 0 fully saturated rings. The SMILES string of the molecule is CC1(C)c2cc(Nc3ccccc3)ccc2-c2ccc(N(c3ccccc3)c3ccccc3)cc21.CC1(C)c2ccc(Nc3ccc(-c4ccccc4)cc3)cc2Oc2c1ccc1ccccc21.c1ccc(-c2cccc(Nc3ccc4c(c3)Oc3cc5ccccc5cc3O4)c2)cc1. The summed E-state index contributed by atoms with van der Waals surface area (Å²) in [4.78, 5) is 2.34. The Hall–Kier alpha value is -12.6. The first-order valence-corrected chi connectivity index (χ1v) is 33.8. The number of rotatable bonds is 11. The summed E-state index contributed by atoms with van der Waals surface area (Å²) in [6, 6.07) is 120. The molecular weight excluding hydrogens is 1210 g/mol. The summed E-state index contributed by atoms with van der Waals surface area (Å²) in [7, 11) is 0. The van der Waals surface area contributed by atoms with Crippen LogP contribution in [-0.2, 0) is 10.8 Å². The molecule has 18 rings (SSSR count). The van der Waals surface area contributed by atoms with Gasteiger partial charge in [0.1, 0.15) is 11.5 Å². The predicted octanol–water partition coefficient (Wildman–Crippen LogP) is 26.0. The third kappa shape index (κ3) is 12.5. The van der Waals surface area contributed by atoms with E-state index < -0.39 is 0 Å².